The molecule has 484 valence electrons. The van der Waals surface area contributed by atoms with E-state index in [1.54, 1.807) is 125 Å². The molecule has 2 saturated heterocycles. The highest BCUT2D eigenvalue weighted by molar-refractivity contribution is 5.85. The van der Waals surface area contributed by atoms with Crippen molar-refractivity contribution in [2.45, 2.75) is 285 Å². The van der Waals surface area contributed by atoms with Crippen LogP contribution in [0, 0.1) is 55.2 Å². The number of esters is 6. The van der Waals surface area contributed by atoms with Gasteiger partial charge >= 0.3 is 35.8 Å². The van der Waals surface area contributed by atoms with Gasteiger partial charge in [-0.1, -0.05) is 27.7 Å². The number of hydrogen-bond donors (Lipinski definition) is 2. The largest absolute Gasteiger partial charge is 0.455 e. The highest BCUT2D eigenvalue weighted by Gasteiger charge is 2.55. The zero-order valence-corrected chi connectivity index (χ0v) is 56.0. The fourth-order valence-electron chi connectivity index (χ4n) is 9.00. The molecule has 3 N–H and O–H groups in total. The maximum atomic E-state index is 14.0. The van der Waals surface area contributed by atoms with Gasteiger partial charge in [-0.05, 0) is 214 Å². The molecule has 4 fully saturated rings. The summed E-state index contributed by atoms with van der Waals surface area (Å²) in [5.41, 5.74) is 0.778. The smallest absolute Gasteiger partial charge is 0.311 e. The van der Waals surface area contributed by atoms with Crippen molar-refractivity contribution >= 4 is 54.4 Å². The molecule has 2 amide bonds. The highest BCUT2D eigenvalue weighted by atomic mass is 16.7. The van der Waals surface area contributed by atoms with Crippen molar-refractivity contribution in [2.75, 3.05) is 13.2 Å². The molecule has 9 atom stereocenters. The lowest BCUT2D eigenvalue weighted by Crippen LogP contribution is -2.67. The van der Waals surface area contributed by atoms with Gasteiger partial charge in [-0.2, -0.15) is 0 Å². The van der Waals surface area contributed by atoms with Crippen LogP contribution in [0.5, 0.6) is 0 Å². The summed E-state index contributed by atoms with van der Waals surface area (Å²) in [7, 11) is 0. The molecular weight excluding hydrogens is 1080 g/mol. The van der Waals surface area contributed by atoms with Crippen LogP contribution in [0.4, 0.5) is 0 Å². The molecule has 4 rings (SSSR count). The number of nitrogens with two attached hydrogens (primary N) is 1. The third-order valence-electron chi connectivity index (χ3n) is 14.9. The fraction of sp³-hybridized carbons (Fsp3) is 0.859. The summed E-state index contributed by atoms with van der Waals surface area (Å²) < 4.78 is 46.3. The number of nitrogens with one attached hydrogen (secondary N) is 1. The van der Waals surface area contributed by atoms with E-state index in [1.807, 2.05) is 20.8 Å². The van der Waals surface area contributed by atoms with E-state index in [4.69, 9.17) is 43.6 Å². The SMILES string of the molecule is CC(C)(C)C(=O)O[C@H]1[C@H](OC(=O)C(C)(C)C)[C@H](OC(=O)C(C)(C)C)CO[C@@H]1N.CC1(C)CCC(C=O)CC1.CC1(C)CCC([C@@H](C(=O)NC(C)(C)C)N(C=O)C2OC[C@@H](OC(=O)C(C)(C)C)[C@@H](OC(=O)C(C)(C)C)[C@@H]2OC(=O)C(C)(C)C)CC1. The van der Waals surface area contributed by atoms with Crippen LogP contribution >= 0.6 is 0 Å². The van der Waals surface area contributed by atoms with Crippen LogP contribution in [0.2, 0.25) is 0 Å². The van der Waals surface area contributed by atoms with E-state index < -0.39 is 129 Å². The number of amides is 2. The molecule has 2 saturated carbocycles. The number of carbonyl (C=O) groups is 9. The van der Waals surface area contributed by atoms with Gasteiger partial charge in [-0.15, -0.1) is 0 Å². The van der Waals surface area contributed by atoms with Gasteiger partial charge in [0.05, 0.1) is 45.7 Å². The summed E-state index contributed by atoms with van der Waals surface area (Å²) in [6.45, 7) is 44.5. The van der Waals surface area contributed by atoms with Gasteiger partial charge in [0.15, 0.2) is 42.9 Å². The first-order chi connectivity index (χ1) is 37.8. The van der Waals surface area contributed by atoms with E-state index in [2.05, 4.69) is 33.0 Å². The Hall–Kier alpha value is -4.69. The number of aldehydes is 1. The third kappa shape index (κ3) is 23.5. The highest BCUT2D eigenvalue weighted by Crippen LogP contribution is 2.42. The average molecular weight is 1190 g/mol. The summed E-state index contributed by atoms with van der Waals surface area (Å²) in [6.07, 6.45) is 0.0233. The zero-order valence-electron chi connectivity index (χ0n) is 56.0. The van der Waals surface area contributed by atoms with Crippen LogP contribution in [0.25, 0.3) is 0 Å². The number of nitrogens with zero attached hydrogens (tertiary/aromatic N) is 1. The maximum Gasteiger partial charge on any atom is 0.311 e. The minimum absolute atomic E-state index is 0.0748. The van der Waals surface area contributed by atoms with Crippen molar-refractivity contribution < 1.29 is 81.0 Å². The van der Waals surface area contributed by atoms with Crippen LogP contribution in [0.15, 0.2) is 0 Å². The molecule has 0 bridgehead atoms. The summed E-state index contributed by atoms with van der Waals surface area (Å²) in [6, 6.07) is -0.971. The molecule has 84 heavy (non-hydrogen) atoms. The molecule has 2 aliphatic heterocycles. The molecule has 20 nitrogen and oxygen atoms in total. The Morgan fingerprint density at radius 1 is 0.476 bits per heavy atom. The van der Waals surface area contributed by atoms with Crippen LogP contribution in [-0.4, -0.2) is 133 Å². The fourth-order valence-corrected chi connectivity index (χ4v) is 9.00. The Balaban J connectivity index is 0.000000530. The molecule has 2 heterocycles. The van der Waals surface area contributed by atoms with E-state index >= 15 is 0 Å². The second kappa shape index (κ2) is 28.9. The van der Waals surface area contributed by atoms with Gasteiger partial charge < -0.3 is 58.6 Å². The van der Waals surface area contributed by atoms with Crippen molar-refractivity contribution in [1.82, 2.24) is 10.2 Å². The number of carbonyl (C=O) groups excluding carboxylic acids is 9. The number of ether oxygens (including phenoxy) is 8. The van der Waals surface area contributed by atoms with Crippen LogP contribution in [0.1, 0.15) is 224 Å². The first-order valence-electron chi connectivity index (χ1n) is 30.0. The van der Waals surface area contributed by atoms with E-state index in [0.29, 0.717) is 30.6 Å². The lowest BCUT2D eigenvalue weighted by molar-refractivity contribution is -0.258. The van der Waals surface area contributed by atoms with Gasteiger partial charge in [0.2, 0.25) is 12.3 Å². The Labute approximate surface area is 503 Å². The zero-order chi connectivity index (χ0) is 65.3. The first kappa shape index (κ1) is 75.4. The third-order valence-corrected chi connectivity index (χ3v) is 14.9. The molecule has 0 aromatic heterocycles. The average Bonchev–Trinajstić information content (AvgIpc) is 3.09. The van der Waals surface area contributed by atoms with Gasteiger partial charge in [-0.3, -0.25) is 38.4 Å². The van der Waals surface area contributed by atoms with E-state index in [0.717, 1.165) is 32.0 Å². The van der Waals surface area contributed by atoms with Gasteiger partial charge in [0.1, 0.15) is 18.6 Å². The summed E-state index contributed by atoms with van der Waals surface area (Å²) in [5.74, 6) is -3.60. The van der Waals surface area contributed by atoms with E-state index in [1.165, 1.54) is 17.7 Å². The molecule has 0 aromatic carbocycles. The summed E-state index contributed by atoms with van der Waals surface area (Å²) >= 11 is 0. The second-order valence-corrected chi connectivity index (χ2v) is 32.3. The van der Waals surface area contributed by atoms with Crippen molar-refractivity contribution in [2.24, 2.45) is 60.9 Å². The molecule has 4 aliphatic rings. The first-order valence-corrected chi connectivity index (χ1v) is 30.0. The van der Waals surface area contributed by atoms with Gasteiger partial charge in [0.25, 0.3) is 0 Å². The predicted molar refractivity (Wildman–Crippen MR) is 317 cm³/mol. The van der Waals surface area contributed by atoms with Gasteiger partial charge in [0, 0.05) is 11.5 Å². The Bertz CT molecular complexity index is 2240. The number of rotatable bonds is 12. The maximum absolute atomic E-state index is 14.0. The normalized spacial score (nSPS) is 25.6. The standard InChI is InChI=1S/C35H60N2O9.C20H35NO7.C9H16O/c1-31(2,3)28(40)44-22-19-43-27(25(46-30(42)33(7,8)9)24(22)45-29(41)32(4,5)6)37(20-38)23(26(39)36-34(10,11)12)21-15-17-35(13,14)18-16-21;1-18(2,3)15(22)26-11-10-25-14(21)13(28-17(24)20(7,8)9)12(11)27-16(23)19(4,5)6;1-9(2)5-3-8(7-10)4-6-9/h20-25,27H,15-19H2,1-14H3,(H,36,39);11-14H,10,21H2,1-9H3;7-8H,3-6H2,1-2H3/t22-,23+,24-,25+,27?;11-,12-,13+,14+;/m11./s1. The van der Waals surface area contributed by atoms with Crippen LogP contribution in [-0.2, 0) is 81.0 Å². The quantitative estimate of drug-likeness (QED) is 0.104. The van der Waals surface area contributed by atoms with Crippen LogP contribution < -0.4 is 11.1 Å². The molecule has 20 heteroatoms. The monoisotopic (exact) mass is 1190 g/mol. The van der Waals surface area contributed by atoms with E-state index in [9.17, 15) is 43.2 Å². The minimum atomic E-state index is -1.42. The molecule has 2 aliphatic carbocycles. The van der Waals surface area contributed by atoms with E-state index in [-0.39, 0.29) is 30.5 Å². The van der Waals surface area contributed by atoms with Gasteiger partial charge in [-0.25, -0.2) is 0 Å². The topological polar surface area (TPSA) is 269 Å². The van der Waals surface area contributed by atoms with Crippen molar-refractivity contribution in [3.63, 3.8) is 0 Å². The summed E-state index contributed by atoms with van der Waals surface area (Å²) in [4.78, 5) is 116. The molecular formula is C64H111N3O17. The molecule has 1 unspecified atom stereocenters. The Morgan fingerprint density at radius 3 is 1.12 bits per heavy atom. The molecule has 0 spiro atoms. The van der Waals surface area contributed by atoms with Crippen LogP contribution in [0.3, 0.4) is 0 Å². The predicted octanol–water partition coefficient (Wildman–Crippen LogP) is 9.75. The molecule has 0 radical (unpaired) electrons. The lowest BCUT2D eigenvalue weighted by Gasteiger charge is -2.48. The number of hydrogen-bond acceptors (Lipinski definition) is 18. The van der Waals surface area contributed by atoms with Crippen molar-refractivity contribution in [3.8, 4) is 0 Å². The lowest BCUT2D eigenvalue weighted by atomic mass is 9.70. The van der Waals surface area contributed by atoms with Crippen molar-refractivity contribution in [1.29, 1.82) is 0 Å². The Kier molecular flexibility index (Phi) is 25.9. The molecule has 0 aromatic rings. The second-order valence-electron chi connectivity index (χ2n) is 32.3. The minimum Gasteiger partial charge on any atom is -0.455 e. The summed E-state index contributed by atoms with van der Waals surface area (Å²) in [5, 5.41) is 3.03. The van der Waals surface area contributed by atoms with Crippen molar-refractivity contribution in [3.05, 3.63) is 0 Å². The Morgan fingerprint density at radius 2 is 0.786 bits per heavy atom.